The van der Waals surface area contributed by atoms with Gasteiger partial charge >= 0.3 is 0 Å². The van der Waals surface area contributed by atoms with Gasteiger partial charge < -0.3 is 5.32 Å². The third-order valence-corrected chi connectivity index (χ3v) is 4.21. The number of hydrogen-bond donors (Lipinski definition) is 1. The maximum Gasteiger partial charge on any atom is 0.159 e. The second-order valence-electron chi connectivity index (χ2n) is 5.97. The molecule has 126 valence electrons. The SMILES string of the molecule is C[C@@H](Nc1cncc(-n2cnc3ccc(C#N)cc32)n1)c1ccccc1. The number of rotatable bonds is 4. The van der Waals surface area contributed by atoms with Crippen LogP contribution in [0.3, 0.4) is 0 Å². The van der Waals surface area contributed by atoms with Gasteiger partial charge in [-0.05, 0) is 30.7 Å². The predicted molar refractivity (Wildman–Crippen MR) is 99.9 cm³/mol. The Morgan fingerprint density at radius 3 is 2.77 bits per heavy atom. The van der Waals surface area contributed by atoms with E-state index in [1.165, 1.54) is 5.56 Å². The minimum atomic E-state index is 0.102. The molecule has 0 bridgehead atoms. The largest absolute Gasteiger partial charge is 0.362 e. The lowest BCUT2D eigenvalue weighted by Gasteiger charge is -2.15. The highest BCUT2D eigenvalue weighted by molar-refractivity contribution is 5.78. The molecule has 1 N–H and O–H groups in total. The molecule has 0 saturated carbocycles. The Kier molecular flexibility index (Phi) is 4.04. The topological polar surface area (TPSA) is 79.4 Å². The molecule has 0 aliphatic carbocycles. The molecule has 0 aliphatic heterocycles. The third kappa shape index (κ3) is 2.98. The van der Waals surface area contributed by atoms with Crippen LogP contribution in [-0.2, 0) is 0 Å². The molecule has 6 nitrogen and oxygen atoms in total. The summed E-state index contributed by atoms with van der Waals surface area (Å²) in [4.78, 5) is 13.3. The minimum absolute atomic E-state index is 0.102. The number of benzene rings is 2. The molecule has 0 fully saturated rings. The Balaban J connectivity index is 1.67. The normalized spacial score (nSPS) is 11.8. The first-order valence-corrected chi connectivity index (χ1v) is 8.26. The Bertz CT molecular complexity index is 1090. The number of hydrogen-bond acceptors (Lipinski definition) is 5. The molecule has 0 amide bonds. The van der Waals surface area contributed by atoms with Gasteiger partial charge in [0.1, 0.15) is 12.1 Å². The number of nitrogens with one attached hydrogen (secondary N) is 1. The fraction of sp³-hybridized carbons (Fsp3) is 0.100. The van der Waals surface area contributed by atoms with Crippen LogP contribution in [0.5, 0.6) is 0 Å². The van der Waals surface area contributed by atoms with Gasteiger partial charge in [0.25, 0.3) is 0 Å². The van der Waals surface area contributed by atoms with E-state index in [9.17, 15) is 0 Å². The second kappa shape index (κ2) is 6.65. The first-order chi connectivity index (χ1) is 12.7. The summed E-state index contributed by atoms with van der Waals surface area (Å²) in [6.45, 7) is 2.08. The summed E-state index contributed by atoms with van der Waals surface area (Å²) >= 11 is 0. The lowest BCUT2D eigenvalue weighted by Crippen LogP contribution is -2.09. The summed E-state index contributed by atoms with van der Waals surface area (Å²) in [5.74, 6) is 1.32. The molecule has 26 heavy (non-hydrogen) atoms. The van der Waals surface area contributed by atoms with E-state index in [2.05, 4.69) is 45.4 Å². The summed E-state index contributed by atoms with van der Waals surface area (Å²) in [6.07, 6.45) is 5.07. The number of anilines is 1. The Morgan fingerprint density at radius 1 is 1.12 bits per heavy atom. The first kappa shape index (κ1) is 15.8. The molecule has 0 radical (unpaired) electrons. The molecule has 4 aromatic rings. The van der Waals surface area contributed by atoms with Crippen molar-refractivity contribution in [3.05, 3.63) is 78.4 Å². The van der Waals surface area contributed by atoms with Crippen molar-refractivity contribution in [1.82, 2.24) is 19.5 Å². The van der Waals surface area contributed by atoms with E-state index in [1.807, 2.05) is 28.8 Å². The number of imidazole rings is 1. The average molecular weight is 340 g/mol. The highest BCUT2D eigenvalue weighted by Crippen LogP contribution is 2.21. The van der Waals surface area contributed by atoms with Crippen LogP contribution in [-0.4, -0.2) is 19.5 Å². The fourth-order valence-corrected chi connectivity index (χ4v) is 2.85. The summed E-state index contributed by atoms with van der Waals surface area (Å²) in [6, 6.07) is 17.8. The molecule has 2 heterocycles. The average Bonchev–Trinajstić information content (AvgIpc) is 3.12. The molecule has 0 spiro atoms. The molecular weight excluding hydrogens is 324 g/mol. The van der Waals surface area contributed by atoms with Crippen molar-refractivity contribution in [2.45, 2.75) is 13.0 Å². The van der Waals surface area contributed by atoms with Gasteiger partial charge in [-0.1, -0.05) is 30.3 Å². The third-order valence-electron chi connectivity index (χ3n) is 4.21. The molecule has 0 unspecified atom stereocenters. The lowest BCUT2D eigenvalue weighted by atomic mass is 10.1. The van der Waals surface area contributed by atoms with Crippen molar-refractivity contribution in [1.29, 1.82) is 5.26 Å². The fourth-order valence-electron chi connectivity index (χ4n) is 2.85. The van der Waals surface area contributed by atoms with Crippen molar-refractivity contribution in [3.63, 3.8) is 0 Å². The summed E-state index contributed by atoms with van der Waals surface area (Å²) in [7, 11) is 0. The smallest absolute Gasteiger partial charge is 0.159 e. The van der Waals surface area contributed by atoms with Gasteiger partial charge in [-0.15, -0.1) is 0 Å². The van der Waals surface area contributed by atoms with Crippen LogP contribution in [0.4, 0.5) is 5.82 Å². The van der Waals surface area contributed by atoms with E-state index in [0.717, 1.165) is 11.0 Å². The molecule has 4 rings (SSSR count). The molecular formula is C20H16N6. The minimum Gasteiger partial charge on any atom is -0.362 e. The van der Waals surface area contributed by atoms with Crippen molar-refractivity contribution in [2.75, 3.05) is 5.32 Å². The van der Waals surface area contributed by atoms with E-state index in [4.69, 9.17) is 5.26 Å². The monoisotopic (exact) mass is 340 g/mol. The van der Waals surface area contributed by atoms with Gasteiger partial charge in [0.15, 0.2) is 5.82 Å². The zero-order valence-corrected chi connectivity index (χ0v) is 14.2. The van der Waals surface area contributed by atoms with Gasteiger partial charge in [0.05, 0.1) is 35.1 Å². The zero-order valence-electron chi connectivity index (χ0n) is 14.2. The molecule has 1 atom stereocenters. The van der Waals surface area contributed by atoms with Crippen molar-refractivity contribution >= 4 is 16.9 Å². The van der Waals surface area contributed by atoms with E-state index in [-0.39, 0.29) is 6.04 Å². The van der Waals surface area contributed by atoms with Gasteiger partial charge in [0.2, 0.25) is 0 Å². The van der Waals surface area contributed by atoms with E-state index in [0.29, 0.717) is 17.2 Å². The Morgan fingerprint density at radius 2 is 1.96 bits per heavy atom. The standard InChI is InChI=1S/C20H16N6/c1-14(16-5-3-2-4-6-16)24-19-11-22-12-20(25-19)26-13-23-17-8-7-15(10-21)9-18(17)26/h2-9,11-14H,1H3,(H,24,25)/t14-/m1/s1. The van der Waals surface area contributed by atoms with Gasteiger partial charge in [-0.2, -0.15) is 5.26 Å². The second-order valence-corrected chi connectivity index (χ2v) is 5.97. The quantitative estimate of drug-likeness (QED) is 0.610. The number of aromatic nitrogens is 4. The number of nitriles is 1. The van der Waals surface area contributed by atoms with E-state index >= 15 is 0 Å². The predicted octanol–water partition coefficient (Wildman–Crippen LogP) is 3.86. The molecule has 2 aromatic carbocycles. The Labute approximate surface area is 150 Å². The van der Waals surface area contributed by atoms with Crippen LogP contribution in [0.25, 0.3) is 16.9 Å². The van der Waals surface area contributed by atoms with Crippen molar-refractivity contribution < 1.29 is 0 Å². The van der Waals surface area contributed by atoms with Crippen LogP contribution in [0.2, 0.25) is 0 Å². The molecule has 6 heteroatoms. The van der Waals surface area contributed by atoms with Crippen molar-refractivity contribution in [2.24, 2.45) is 0 Å². The van der Waals surface area contributed by atoms with Gasteiger partial charge in [-0.25, -0.2) is 9.97 Å². The lowest BCUT2D eigenvalue weighted by molar-refractivity contribution is 0.865. The number of nitrogens with zero attached hydrogens (tertiary/aromatic N) is 5. The van der Waals surface area contributed by atoms with Crippen LogP contribution in [0.15, 0.2) is 67.3 Å². The summed E-state index contributed by atoms with van der Waals surface area (Å²) in [5, 5.41) is 12.5. The van der Waals surface area contributed by atoms with Crippen LogP contribution < -0.4 is 5.32 Å². The number of fused-ring (bicyclic) bond motifs is 1. The molecule has 2 aromatic heterocycles. The van der Waals surface area contributed by atoms with Gasteiger partial charge in [0, 0.05) is 6.04 Å². The van der Waals surface area contributed by atoms with Crippen molar-refractivity contribution in [3.8, 4) is 11.9 Å². The van der Waals surface area contributed by atoms with E-state index in [1.54, 1.807) is 30.9 Å². The van der Waals surface area contributed by atoms with Crippen LogP contribution in [0, 0.1) is 11.3 Å². The van der Waals surface area contributed by atoms with Crippen LogP contribution in [0.1, 0.15) is 24.1 Å². The highest BCUT2D eigenvalue weighted by atomic mass is 15.2. The van der Waals surface area contributed by atoms with E-state index < -0.39 is 0 Å². The maximum absolute atomic E-state index is 9.13. The highest BCUT2D eigenvalue weighted by Gasteiger charge is 2.10. The van der Waals surface area contributed by atoms with Crippen LogP contribution >= 0.6 is 0 Å². The zero-order chi connectivity index (χ0) is 17.9. The Hall–Kier alpha value is -3.72. The maximum atomic E-state index is 9.13. The summed E-state index contributed by atoms with van der Waals surface area (Å²) in [5.41, 5.74) is 3.39. The molecule has 0 aliphatic rings. The molecule has 0 saturated heterocycles. The first-order valence-electron chi connectivity index (χ1n) is 8.26. The summed E-state index contributed by atoms with van der Waals surface area (Å²) < 4.78 is 1.83. The van der Waals surface area contributed by atoms with Gasteiger partial charge in [-0.3, -0.25) is 9.55 Å².